The first-order chi connectivity index (χ1) is 14.0. The van der Waals surface area contributed by atoms with Crippen LogP contribution in [0.3, 0.4) is 0 Å². The Morgan fingerprint density at radius 3 is 2.76 bits per heavy atom. The Balaban J connectivity index is 1.59. The van der Waals surface area contributed by atoms with Gasteiger partial charge in [0.25, 0.3) is 5.91 Å². The van der Waals surface area contributed by atoms with Crippen molar-refractivity contribution in [3.63, 3.8) is 0 Å². The molecule has 146 valence electrons. The van der Waals surface area contributed by atoms with Gasteiger partial charge in [-0.15, -0.1) is 0 Å². The summed E-state index contributed by atoms with van der Waals surface area (Å²) in [4.78, 5) is 17.1. The lowest BCUT2D eigenvalue weighted by molar-refractivity contribution is 0.0955. The lowest BCUT2D eigenvalue weighted by Gasteiger charge is -2.08. The smallest absolute Gasteiger partial charge is 0.271 e. The third-order valence-corrected chi connectivity index (χ3v) is 5.13. The van der Waals surface area contributed by atoms with Gasteiger partial charge in [0.1, 0.15) is 11.6 Å². The molecule has 0 aliphatic rings. The number of nitrogens with zero attached hydrogens (tertiary/aromatic N) is 3. The lowest BCUT2D eigenvalue weighted by atomic mass is 10.0. The highest BCUT2D eigenvalue weighted by Gasteiger charge is 2.12. The van der Waals surface area contributed by atoms with Crippen molar-refractivity contribution in [1.29, 1.82) is 0 Å². The van der Waals surface area contributed by atoms with Gasteiger partial charge in [-0.2, -0.15) is 5.10 Å². The fraction of sp³-hybridized carbons (Fsp3) is 0.174. The Labute approximate surface area is 168 Å². The first-order valence-electron chi connectivity index (χ1n) is 9.52. The van der Waals surface area contributed by atoms with Crippen molar-refractivity contribution in [2.45, 2.75) is 27.3 Å². The van der Waals surface area contributed by atoms with Crippen molar-refractivity contribution in [3.05, 3.63) is 71.5 Å². The zero-order valence-electron chi connectivity index (χ0n) is 16.6. The molecule has 0 spiro atoms. The van der Waals surface area contributed by atoms with Crippen LogP contribution in [0.1, 0.15) is 35.6 Å². The Kier molecular flexibility index (Phi) is 4.76. The van der Waals surface area contributed by atoms with E-state index in [2.05, 4.69) is 27.0 Å². The third-order valence-electron chi connectivity index (χ3n) is 5.13. The zero-order valence-corrected chi connectivity index (χ0v) is 16.6. The third kappa shape index (κ3) is 3.33. The van der Waals surface area contributed by atoms with E-state index in [1.54, 1.807) is 25.1 Å². The minimum absolute atomic E-state index is 0.153. The number of aromatic nitrogens is 2. The number of imidazole rings is 1. The topological polar surface area (TPSA) is 79.5 Å². The molecule has 6 nitrogen and oxygen atoms in total. The van der Waals surface area contributed by atoms with Crippen molar-refractivity contribution in [2.24, 2.45) is 5.10 Å². The zero-order chi connectivity index (χ0) is 20.5. The molecule has 0 radical (unpaired) electrons. The van der Waals surface area contributed by atoms with Gasteiger partial charge in [0.2, 0.25) is 0 Å². The molecule has 0 fully saturated rings. The number of carbonyl (C=O) groups excluding carboxylic acids is 1. The monoisotopic (exact) mass is 386 g/mol. The van der Waals surface area contributed by atoms with Crippen LogP contribution in [0.25, 0.3) is 21.8 Å². The van der Waals surface area contributed by atoms with Crippen LogP contribution in [-0.4, -0.2) is 26.3 Å². The van der Waals surface area contributed by atoms with Gasteiger partial charge in [0.15, 0.2) is 0 Å². The summed E-state index contributed by atoms with van der Waals surface area (Å²) in [5.74, 6) is 0.747. The molecular formula is C23H22N4O2. The summed E-state index contributed by atoms with van der Waals surface area (Å²) < 4.78 is 2.10. The fourth-order valence-corrected chi connectivity index (χ4v) is 3.60. The Hall–Kier alpha value is -3.67. The summed E-state index contributed by atoms with van der Waals surface area (Å²) in [5.41, 5.74) is 5.95. The van der Waals surface area contributed by atoms with E-state index in [-0.39, 0.29) is 11.7 Å². The van der Waals surface area contributed by atoms with E-state index in [4.69, 9.17) is 0 Å². The highest BCUT2D eigenvalue weighted by molar-refractivity contribution is 6.07. The molecule has 0 saturated carbocycles. The number of hydrazone groups is 1. The standard InChI is InChI=1S/C23H22N4O2/c1-4-27-15(3)24-20-13-17(10-12-21(20)27)23(29)26-25-14(2)18-11-9-16-7-5-6-8-19(16)22(18)28/h5-13,28H,4H2,1-3H3,(H,26,29). The highest BCUT2D eigenvalue weighted by Crippen LogP contribution is 2.29. The SMILES string of the molecule is CCn1c(C)nc2cc(C(=O)NN=C(C)c3ccc4ccccc4c3O)ccc21. The number of benzene rings is 3. The molecule has 29 heavy (non-hydrogen) atoms. The summed E-state index contributed by atoms with van der Waals surface area (Å²) in [6.07, 6.45) is 0. The minimum Gasteiger partial charge on any atom is -0.507 e. The number of amides is 1. The van der Waals surface area contributed by atoms with Crippen LogP contribution in [0.4, 0.5) is 0 Å². The number of hydrogen-bond donors (Lipinski definition) is 2. The van der Waals surface area contributed by atoms with Crippen LogP contribution in [0.15, 0.2) is 59.7 Å². The number of phenolic OH excluding ortho intramolecular Hbond substituents is 1. The Morgan fingerprint density at radius 1 is 1.17 bits per heavy atom. The second kappa shape index (κ2) is 7.39. The maximum Gasteiger partial charge on any atom is 0.271 e. The average molecular weight is 386 g/mol. The van der Waals surface area contributed by atoms with E-state index in [0.29, 0.717) is 16.8 Å². The number of aryl methyl sites for hydroxylation is 2. The molecule has 0 aliphatic heterocycles. The van der Waals surface area contributed by atoms with E-state index in [1.807, 2.05) is 43.3 Å². The van der Waals surface area contributed by atoms with Crippen molar-refractivity contribution in [1.82, 2.24) is 15.0 Å². The number of fused-ring (bicyclic) bond motifs is 2. The van der Waals surface area contributed by atoms with Crippen molar-refractivity contribution in [2.75, 3.05) is 0 Å². The molecule has 1 heterocycles. The maximum absolute atomic E-state index is 12.6. The van der Waals surface area contributed by atoms with Crippen LogP contribution in [-0.2, 0) is 6.54 Å². The van der Waals surface area contributed by atoms with Crippen LogP contribution in [0.2, 0.25) is 0 Å². The maximum atomic E-state index is 12.6. The van der Waals surface area contributed by atoms with Crippen molar-refractivity contribution >= 4 is 33.4 Å². The summed E-state index contributed by atoms with van der Waals surface area (Å²) in [6, 6.07) is 16.7. The van der Waals surface area contributed by atoms with E-state index in [0.717, 1.165) is 34.2 Å². The largest absolute Gasteiger partial charge is 0.507 e. The average Bonchev–Trinajstić information content (AvgIpc) is 3.06. The quantitative estimate of drug-likeness (QED) is 0.404. The Morgan fingerprint density at radius 2 is 1.97 bits per heavy atom. The molecule has 0 aliphatic carbocycles. The Bertz CT molecular complexity index is 1270. The van der Waals surface area contributed by atoms with Crippen molar-refractivity contribution in [3.8, 4) is 5.75 Å². The fourth-order valence-electron chi connectivity index (χ4n) is 3.60. The second-order valence-corrected chi connectivity index (χ2v) is 6.93. The molecule has 3 aromatic carbocycles. The highest BCUT2D eigenvalue weighted by atomic mass is 16.3. The summed E-state index contributed by atoms with van der Waals surface area (Å²) >= 11 is 0. The lowest BCUT2D eigenvalue weighted by Crippen LogP contribution is -2.19. The van der Waals surface area contributed by atoms with Crippen LogP contribution >= 0.6 is 0 Å². The van der Waals surface area contributed by atoms with Gasteiger partial charge >= 0.3 is 0 Å². The number of rotatable bonds is 4. The van der Waals surface area contributed by atoms with E-state index in [1.165, 1.54) is 0 Å². The van der Waals surface area contributed by atoms with Gasteiger partial charge in [-0.3, -0.25) is 4.79 Å². The molecular weight excluding hydrogens is 364 g/mol. The van der Waals surface area contributed by atoms with E-state index < -0.39 is 0 Å². The number of nitrogens with one attached hydrogen (secondary N) is 1. The van der Waals surface area contributed by atoms with Gasteiger partial charge in [0.05, 0.1) is 16.7 Å². The predicted octanol–water partition coefficient (Wildman–Crippen LogP) is 4.38. The first-order valence-corrected chi connectivity index (χ1v) is 9.52. The summed E-state index contributed by atoms with van der Waals surface area (Å²) in [5, 5.41) is 16.5. The second-order valence-electron chi connectivity index (χ2n) is 6.93. The molecule has 0 atom stereocenters. The molecule has 4 rings (SSSR count). The molecule has 2 N–H and O–H groups in total. The molecule has 0 bridgehead atoms. The van der Waals surface area contributed by atoms with Crippen LogP contribution in [0.5, 0.6) is 5.75 Å². The van der Waals surface area contributed by atoms with Gasteiger partial charge in [-0.25, -0.2) is 10.4 Å². The predicted molar refractivity (Wildman–Crippen MR) is 115 cm³/mol. The van der Waals surface area contributed by atoms with Crippen molar-refractivity contribution < 1.29 is 9.90 Å². The van der Waals surface area contributed by atoms with Gasteiger partial charge in [0, 0.05) is 23.1 Å². The van der Waals surface area contributed by atoms with Gasteiger partial charge in [-0.05, 0) is 50.4 Å². The normalized spacial score (nSPS) is 11.9. The molecule has 4 aromatic rings. The van der Waals surface area contributed by atoms with E-state index in [9.17, 15) is 9.90 Å². The number of phenols is 1. The first kappa shape index (κ1) is 18.7. The number of aromatic hydroxyl groups is 1. The summed E-state index contributed by atoms with van der Waals surface area (Å²) in [6.45, 7) is 6.59. The number of hydrogen-bond acceptors (Lipinski definition) is 4. The van der Waals surface area contributed by atoms with Gasteiger partial charge in [-0.1, -0.05) is 30.3 Å². The molecule has 0 unspecified atom stereocenters. The van der Waals surface area contributed by atoms with Crippen LogP contribution in [0, 0.1) is 6.92 Å². The molecule has 1 aromatic heterocycles. The van der Waals surface area contributed by atoms with Crippen LogP contribution < -0.4 is 5.43 Å². The van der Waals surface area contributed by atoms with E-state index >= 15 is 0 Å². The minimum atomic E-state index is -0.324. The molecule has 6 heteroatoms. The summed E-state index contributed by atoms with van der Waals surface area (Å²) in [7, 11) is 0. The molecule has 0 saturated heterocycles. The van der Waals surface area contributed by atoms with Gasteiger partial charge < -0.3 is 9.67 Å². The molecule has 1 amide bonds. The number of carbonyl (C=O) groups is 1.